The van der Waals surface area contributed by atoms with Crippen LogP contribution in [0.2, 0.25) is 0 Å². The Kier molecular flexibility index (Phi) is 6.05. The van der Waals surface area contributed by atoms with E-state index >= 15 is 0 Å². The maximum atomic E-state index is 10.6. The van der Waals surface area contributed by atoms with Crippen LogP contribution >= 0.6 is 0 Å². The van der Waals surface area contributed by atoms with Crippen molar-refractivity contribution in [3.8, 4) is 0 Å². The molecular formula is C12H21NO2. The van der Waals surface area contributed by atoms with Crippen molar-refractivity contribution in [3.63, 3.8) is 0 Å². The Bertz CT molecular complexity index is 212. The third-order valence-corrected chi connectivity index (χ3v) is 2.73. The zero-order chi connectivity index (χ0) is 10.9. The van der Waals surface area contributed by atoms with Crippen molar-refractivity contribution in [2.45, 2.75) is 64.7 Å². The number of oxime groups is 1. The van der Waals surface area contributed by atoms with Gasteiger partial charge in [-0.15, -0.1) is 0 Å². The van der Waals surface area contributed by atoms with Crippen molar-refractivity contribution < 1.29 is 9.63 Å². The maximum absolute atomic E-state index is 10.6. The largest absolute Gasteiger partial charge is 0.331 e. The lowest BCUT2D eigenvalue weighted by molar-refractivity contribution is -0.140. The van der Waals surface area contributed by atoms with E-state index in [2.05, 4.69) is 5.16 Å². The fourth-order valence-electron chi connectivity index (χ4n) is 1.89. The molecule has 15 heavy (non-hydrogen) atoms. The highest BCUT2D eigenvalue weighted by Crippen LogP contribution is 2.15. The SMILES string of the molecule is CC(=O)ON=C1CCCCCCCCC1. The quantitative estimate of drug-likeness (QED) is 0.492. The first-order valence-corrected chi connectivity index (χ1v) is 6.02. The Morgan fingerprint density at radius 3 is 1.93 bits per heavy atom. The fourth-order valence-corrected chi connectivity index (χ4v) is 1.89. The number of carbonyl (C=O) groups excluding carboxylic acids is 1. The summed E-state index contributed by atoms with van der Waals surface area (Å²) in [4.78, 5) is 15.3. The van der Waals surface area contributed by atoms with Gasteiger partial charge in [-0.3, -0.25) is 0 Å². The number of rotatable bonds is 1. The third kappa shape index (κ3) is 6.26. The van der Waals surface area contributed by atoms with Gasteiger partial charge in [0.25, 0.3) is 0 Å². The molecule has 0 aliphatic heterocycles. The second-order valence-electron chi connectivity index (χ2n) is 4.22. The molecule has 0 aromatic heterocycles. The molecule has 0 saturated heterocycles. The summed E-state index contributed by atoms with van der Waals surface area (Å²) in [5.74, 6) is -0.320. The molecule has 0 amide bonds. The highest BCUT2D eigenvalue weighted by molar-refractivity contribution is 5.84. The molecule has 0 N–H and O–H groups in total. The van der Waals surface area contributed by atoms with Crippen LogP contribution in [0.3, 0.4) is 0 Å². The van der Waals surface area contributed by atoms with Crippen molar-refractivity contribution in [2.75, 3.05) is 0 Å². The van der Waals surface area contributed by atoms with Gasteiger partial charge < -0.3 is 4.84 Å². The van der Waals surface area contributed by atoms with Crippen molar-refractivity contribution >= 4 is 11.7 Å². The van der Waals surface area contributed by atoms with Gasteiger partial charge in [0, 0.05) is 6.92 Å². The van der Waals surface area contributed by atoms with Crippen LogP contribution in [-0.4, -0.2) is 11.7 Å². The average Bonchev–Trinajstić information content (AvgIpc) is 2.23. The highest BCUT2D eigenvalue weighted by Gasteiger charge is 2.04. The van der Waals surface area contributed by atoms with Crippen LogP contribution in [0.15, 0.2) is 5.16 Å². The molecule has 0 atom stereocenters. The van der Waals surface area contributed by atoms with Gasteiger partial charge in [0.15, 0.2) is 0 Å². The van der Waals surface area contributed by atoms with E-state index < -0.39 is 0 Å². The van der Waals surface area contributed by atoms with E-state index in [4.69, 9.17) is 4.84 Å². The molecule has 1 aliphatic carbocycles. The lowest BCUT2D eigenvalue weighted by Gasteiger charge is -2.08. The summed E-state index contributed by atoms with van der Waals surface area (Å²) in [6.45, 7) is 1.39. The summed E-state index contributed by atoms with van der Waals surface area (Å²) in [7, 11) is 0. The number of hydrogen-bond donors (Lipinski definition) is 0. The molecule has 86 valence electrons. The van der Waals surface area contributed by atoms with E-state index in [1.54, 1.807) is 0 Å². The van der Waals surface area contributed by atoms with Gasteiger partial charge in [0.1, 0.15) is 0 Å². The van der Waals surface area contributed by atoms with Gasteiger partial charge in [-0.1, -0.05) is 37.3 Å². The van der Waals surface area contributed by atoms with E-state index in [1.807, 2.05) is 0 Å². The molecule has 0 aromatic rings. The normalized spacial score (nSPS) is 19.4. The van der Waals surface area contributed by atoms with Crippen LogP contribution in [0, 0.1) is 0 Å². The molecule has 0 radical (unpaired) electrons. The lowest BCUT2D eigenvalue weighted by Crippen LogP contribution is -2.03. The smallest absolute Gasteiger partial charge is 0.319 e. The van der Waals surface area contributed by atoms with Gasteiger partial charge in [-0.05, 0) is 25.7 Å². The zero-order valence-corrected chi connectivity index (χ0v) is 9.63. The Labute approximate surface area is 91.9 Å². The number of hydrogen-bond acceptors (Lipinski definition) is 3. The Hall–Kier alpha value is -0.860. The van der Waals surface area contributed by atoms with Crippen LogP contribution in [0.1, 0.15) is 64.7 Å². The minimum absolute atomic E-state index is 0.320. The third-order valence-electron chi connectivity index (χ3n) is 2.73. The Morgan fingerprint density at radius 2 is 1.47 bits per heavy atom. The topological polar surface area (TPSA) is 38.7 Å². The second kappa shape index (κ2) is 7.43. The van der Waals surface area contributed by atoms with E-state index in [0.29, 0.717) is 0 Å². The van der Waals surface area contributed by atoms with Gasteiger partial charge >= 0.3 is 5.97 Å². The van der Waals surface area contributed by atoms with Crippen LogP contribution in [0.4, 0.5) is 0 Å². The first-order valence-electron chi connectivity index (χ1n) is 6.02. The molecule has 1 rings (SSSR count). The molecule has 0 bridgehead atoms. The molecule has 0 heterocycles. The van der Waals surface area contributed by atoms with Crippen LogP contribution in [0.5, 0.6) is 0 Å². The summed E-state index contributed by atoms with van der Waals surface area (Å²) < 4.78 is 0. The van der Waals surface area contributed by atoms with Crippen molar-refractivity contribution in [3.05, 3.63) is 0 Å². The van der Waals surface area contributed by atoms with Gasteiger partial charge in [-0.2, -0.15) is 0 Å². The van der Waals surface area contributed by atoms with E-state index in [9.17, 15) is 4.79 Å². The van der Waals surface area contributed by atoms with Crippen LogP contribution in [-0.2, 0) is 9.63 Å². The summed E-state index contributed by atoms with van der Waals surface area (Å²) in [5.41, 5.74) is 1.06. The Balaban J connectivity index is 2.37. The van der Waals surface area contributed by atoms with Crippen LogP contribution < -0.4 is 0 Å². The second-order valence-corrected chi connectivity index (χ2v) is 4.22. The molecule has 0 unspecified atom stereocenters. The van der Waals surface area contributed by atoms with Gasteiger partial charge in [0.05, 0.1) is 5.71 Å². The first kappa shape index (κ1) is 12.2. The van der Waals surface area contributed by atoms with Gasteiger partial charge in [0.2, 0.25) is 0 Å². The molecule has 3 nitrogen and oxygen atoms in total. The predicted octanol–water partition coefficient (Wildman–Crippen LogP) is 3.43. The molecule has 3 heteroatoms. The van der Waals surface area contributed by atoms with Crippen molar-refractivity contribution in [1.82, 2.24) is 0 Å². The number of nitrogens with zero attached hydrogens (tertiary/aromatic N) is 1. The van der Waals surface area contributed by atoms with E-state index in [0.717, 1.165) is 18.6 Å². The molecule has 0 spiro atoms. The fraction of sp³-hybridized carbons (Fsp3) is 0.833. The molecule has 1 aliphatic rings. The standard InChI is InChI=1S/C12H21NO2/c1-11(14)15-13-12-9-7-5-3-2-4-6-8-10-12/h2-10H2,1H3. The predicted molar refractivity (Wildman–Crippen MR) is 60.8 cm³/mol. The molecule has 0 aromatic carbocycles. The summed E-state index contributed by atoms with van der Waals surface area (Å²) >= 11 is 0. The minimum Gasteiger partial charge on any atom is -0.319 e. The average molecular weight is 211 g/mol. The summed E-state index contributed by atoms with van der Waals surface area (Å²) in [6.07, 6.45) is 10.9. The zero-order valence-electron chi connectivity index (χ0n) is 9.63. The van der Waals surface area contributed by atoms with E-state index in [1.165, 1.54) is 51.9 Å². The Morgan fingerprint density at radius 1 is 1.00 bits per heavy atom. The van der Waals surface area contributed by atoms with Crippen molar-refractivity contribution in [2.24, 2.45) is 5.16 Å². The molecule has 1 fully saturated rings. The number of carbonyl (C=O) groups is 1. The first-order chi connectivity index (χ1) is 7.29. The molecular weight excluding hydrogens is 190 g/mol. The van der Waals surface area contributed by atoms with Crippen molar-refractivity contribution in [1.29, 1.82) is 0 Å². The minimum atomic E-state index is -0.320. The summed E-state index contributed by atoms with van der Waals surface area (Å²) in [5, 5.41) is 3.92. The van der Waals surface area contributed by atoms with Crippen LogP contribution in [0.25, 0.3) is 0 Å². The van der Waals surface area contributed by atoms with Gasteiger partial charge in [-0.25, -0.2) is 4.79 Å². The molecule has 1 saturated carbocycles. The summed E-state index contributed by atoms with van der Waals surface area (Å²) in [6, 6.07) is 0. The highest BCUT2D eigenvalue weighted by atomic mass is 16.7. The van der Waals surface area contributed by atoms with E-state index in [-0.39, 0.29) is 5.97 Å². The maximum Gasteiger partial charge on any atom is 0.331 e. The monoisotopic (exact) mass is 211 g/mol. The lowest BCUT2D eigenvalue weighted by atomic mass is 10.00.